The highest BCUT2D eigenvalue weighted by atomic mass is 16.5. The van der Waals surface area contributed by atoms with Gasteiger partial charge in [0.15, 0.2) is 0 Å². The van der Waals surface area contributed by atoms with Gasteiger partial charge >= 0.3 is 0 Å². The van der Waals surface area contributed by atoms with E-state index in [2.05, 4.69) is 5.32 Å². The summed E-state index contributed by atoms with van der Waals surface area (Å²) in [5, 5.41) is 11.9. The molecule has 0 aliphatic carbocycles. The highest BCUT2D eigenvalue weighted by Gasteiger charge is 2.19. The van der Waals surface area contributed by atoms with Gasteiger partial charge in [0.2, 0.25) is 5.91 Å². The maximum absolute atomic E-state index is 11.6. The molecule has 0 bridgehead atoms. The summed E-state index contributed by atoms with van der Waals surface area (Å²) in [6.45, 7) is 5.30. The first kappa shape index (κ1) is 14.5. The molecule has 1 atom stereocenters. The van der Waals surface area contributed by atoms with Gasteiger partial charge in [-0.1, -0.05) is 13.8 Å². The van der Waals surface area contributed by atoms with E-state index < -0.39 is 0 Å². The molecule has 1 heterocycles. The minimum atomic E-state index is -0.239. The number of rotatable bonds is 6. The summed E-state index contributed by atoms with van der Waals surface area (Å²) in [5.41, 5.74) is -0.239. The number of carbonyl (C=O) groups excluding carboxylic acids is 1. The minimum Gasteiger partial charge on any atom is -0.396 e. The maximum atomic E-state index is 11.6. The van der Waals surface area contributed by atoms with Crippen LogP contribution in [0.25, 0.3) is 0 Å². The van der Waals surface area contributed by atoms with E-state index in [0.29, 0.717) is 13.0 Å². The Morgan fingerprint density at radius 1 is 1.47 bits per heavy atom. The van der Waals surface area contributed by atoms with E-state index in [1.807, 2.05) is 13.8 Å². The van der Waals surface area contributed by atoms with Gasteiger partial charge in [-0.15, -0.1) is 0 Å². The molecule has 0 radical (unpaired) electrons. The fourth-order valence-corrected chi connectivity index (χ4v) is 1.81. The summed E-state index contributed by atoms with van der Waals surface area (Å²) in [5.74, 6) is 0.0562. The summed E-state index contributed by atoms with van der Waals surface area (Å²) < 4.78 is 5.57. The van der Waals surface area contributed by atoms with E-state index in [0.717, 1.165) is 25.9 Å². The molecule has 0 aromatic heterocycles. The predicted molar refractivity (Wildman–Crippen MR) is 66.7 cm³/mol. The van der Waals surface area contributed by atoms with Crippen molar-refractivity contribution in [1.82, 2.24) is 5.32 Å². The molecule has 0 aromatic carbocycles. The highest BCUT2D eigenvalue weighted by molar-refractivity contribution is 5.75. The SMILES string of the molecule is CC(C)(CO)CNC(=O)CCC1CCCCO1. The number of amides is 1. The topological polar surface area (TPSA) is 58.6 Å². The number of ether oxygens (including phenoxy) is 1. The van der Waals surface area contributed by atoms with Gasteiger partial charge in [-0.25, -0.2) is 0 Å². The van der Waals surface area contributed by atoms with Crippen molar-refractivity contribution < 1.29 is 14.6 Å². The first-order valence-corrected chi connectivity index (χ1v) is 6.53. The molecule has 1 amide bonds. The summed E-state index contributed by atoms with van der Waals surface area (Å²) in [7, 11) is 0. The van der Waals surface area contributed by atoms with Crippen LogP contribution in [-0.2, 0) is 9.53 Å². The van der Waals surface area contributed by atoms with Crippen LogP contribution in [0.5, 0.6) is 0 Å². The predicted octanol–water partition coefficient (Wildman–Crippen LogP) is 1.47. The van der Waals surface area contributed by atoms with Crippen LogP contribution in [0.3, 0.4) is 0 Å². The van der Waals surface area contributed by atoms with Crippen molar-refractivity contribution in [2.45, 2.75) is 52.1 Å². The van der Waals surface area contributed by atoms with Gasteiger partial charge in [-0.05, 0) is 25.7 Å². The van der Waals surface area contributed by atoms with E-state index in [1.165, 1.54) is 6.42 Å². The van der Waals surface area contributed by atoms with Crippen LogP contribution in [0.1, 0.15) is 46.0 Å². The van der Waals surface area contributed by atoms with Crippen LogP contribution >= 0.6 is 0 Å². The summed E-state index contributed by atoms with van der Waals surface area (Å²) in [6.07, 6.45) is 5.03. The smallest absolute Gasteiger partial charge is 0.220 e. The molecule has 0 aromatic rings. The zero-order valence-electron chi connectivity index (χ0n) is 11.0. The van der Waals surface area contributed by atoms with E-state index in [-0.39, 0.29) is 24.0 Å². The highest BCUT2D eigenvalue weighted by Crippen LogP contribution is 2.17. The van der Waals surface area contributed by atoms with Crippen molar-refractivity contribution >= 4 is 5.91 Å². The van der Waals surface area contributed by atoms with Crippen LogP contribution in [0, 0.1) is 5.41 Å². The molecule has 1 aliphatic rings. The molecule has 0 saturated carbocycles. The van der Waals surface area contributed by atoms with Crippen molar-refractivity contribution in [3.8, 4) is 0 Å². The molecular weight excluding hydrogens is 218 g/mol. The lowest BCUT2D eigenvalue weighted by atomic mass is 9.95. The first-order valence-electron chi connectivity index (χ1n) is 6.53. The molecule has 2 N–H and O–H groups in total. The third-order valence-electron chi connectivity index (χ3n) is 3.16. The first-order chi connectivity index (χ1) is 8.03. The van der Waals surface area contributed by atoms with E-state index in [9.17, 15) is 4.79 Å². The lowest BCUT2D eigenvalue weighted by Gasteiger charge is -2.24. The fourth-order valence-electron chi connectivity index (χ4n) is 1.81. The van der Waals surface area contributed by atoms with Crippen LogP contribution in [-0.4, -0.2) is 36.9 Å². The average Bonchev–Trinajstić information content (AvgIpc) is 2.35. The van der Waals surface area contributed by atoms with Gasteiger partial charge in [-0.2, -0.15) is 0 Å². The standard InChI is InChI=1S/C13H25NO3/c1-13(2,10-15)9-14-12(16)7-6-11-5-3-4-8-17-11/h11,15H,3-10H2,1-2H3,(H,14,16). The van der Waals surface area contributed by atoms with Gasteiger partial charge in [-0.3, -0.25) is 4.79 Å². The normalized spacial score (nSPS) is 21.2. The summed E-state index contributed by atoms with van der Waals surface area (Å²) >= 11 is 0. The maximum Gasteiger partial charge on any atom is 0.220 e. The van der Waals surface area contributed by atoms with Crippen LogP contribution < -0.4 is 5.32 Å². The average molecular weight is 243 g/mol. The lowest BCUT2D eigenvalue weighted by Crippen LogP contribution is -2.36. The third-order valence-corrected chi connectivity index (χ3v) is 3.16. The molecular formula is C13H25NO3. The number of hydrogen-bond donors (Lipinski definition) is 2. The van der Waals surface area contributed by atoms with E-state index in [4.69, 9.17) is 9.84 Å². The van der Waals surface area contributed by atoms with Gasteiger partial charge in [0.05, 0.1) is 6.10 Å². The van der Waals surface area contributed by atoms with Crippen molar-refractivity contribution in [1.29, 1.82) is 0 Å². The van der Waals surface area contributed by atoms with Gasteiger partial charge in [0.1, 0.15) is 0 Å². The monoisotopic (exact) mass is 243 g/mol. The molecule has 4 nitrogen and oxygen atoms in total. The van der Waals surface area contributed by atoms with E-state index >= 15 is 0 Å². The number of aliphatic hydroxyl groups is 1. The molecule has 100 valence electrons. The molecule has 0 spiro atoms. The number of nitrogens with one attached hydrogen (secondary N) is 1. The lowest BCUT2D eigenvalue weighted by molar-refractivity contribution is -0.122. The Bertz CT molecular complexity index is 235. The molecule has 1 aliphatic heterocycles. The van der Waals surface area contributed by atoms with Gasteiger partial charge in [0, 0.05) is 31.6 Å². The number of carbonyl (C=O) groups is 1. The Morgan fingerprint density at radius 3 is 2.82 bits per heavy atom. The largest absolute Gasteiger partial charge is 0.396 e. The Labute approximate surface area is 104 Å². The molecule has 1 unspecified atom stereocenters. The summed E-state index contributed by atoms with van der Waals surface area (Å²) in [6, 6.07) is 0. The van der Waals surface area contributed by atoms with Crippen LogP contribution in [0.2, 0.25) is 0 Å². The molecule has 4 heteroatoms. The zero-order valence-corrected chi connectivity index (χ0v) is 11.0. The number of aliphatic hydroxyl groups excluding tert-OH is 1. The fraction of sp³-hybridized carbons (Fsp3) is 0.923. The minimum absolute atomic E-state index is 0.0562. The van der Waals surface area contributed by atoms with Crippen molar-refractivity contribution in [2.75, 3.05) is 19.8 Å². The summed E-state index contributed by atoms with van der Waals surface area (Å²) in [4.78, 5) is 11.6. The Hall–Kier alpha value is -0.610. The van der Waals surface area contributed by atoms with Crippen molar-refractivity contribution in [3.05, 3.63) is 0 Å². The number of hydrogen-bond acceptors (Lipinski definition) is 3. The third kappa shape index (κ3) is 6.03. The second-order valence-corrected chi connectivity index (χ2v) is 5.63. The van der Waals surface area contributed by atoms with Crippen molar-refractivity contribution in [3.63, 3.8) is 0 Å². The Morgan fingerprint density at radius 2 is 2.24 bits per heavy atom. The second-order valence-electron chi connectivity index (χ2n) is 5.63. The molecule has 1 rings (SSSR count). The Kier molecular flexibility index (Phi) is 5.92. The van der Waals surface area contributed by atoms with Gasteiger partial charge < -0.3 is 15.2 Å². The van der Waals surface area contributed by atoms with Gasteiger partial charge in [0.25, 0.3) is 0 Å². The van der Waals surface area contributed by atoms with Crippen LogP contribution in [0.4, 0.5) is 0 Å². The van der Waals surface area contributed by atoms with Crippen molar-refractivity contribution in [2.24, 2.45) is 5.41 Å². The zero-order chi connectivity index (χ0) is 12.7. The second kappa shape index (κ2) is 6.97. The Balaban J connectivity index is 2.12. The quantitative estimate of drug-likeness (QED) is 0.742. The molecule has 1 fully saturated rings. The molecule has 17 heavy (non-hydrogen) atoms. The van der Waals surface area contributed by atoms with Crippen LogP contribution in [0.15, 0.2) is 0 Å². The van der Waals surface area contributed by atoms with E-state index in [1.54, 1.807) is 0 Å². The molecule has 1 saturated heterocycles.